The van der Waals surface area contributed by atoms with Gasteiger partial charge in [-0.1, -0.05) is 25.8 Å². The second kappa shape index (κ2) is 8.97. The number of amides is 1. The topological polar surface area (TPSA) is 42.8 Å². The Morgan fingerprint density at radius 3 is 2.92 bits per heavy atom. The van der Waals surface area contributed by atoms with E-state index in [1.165, 1.54) is 29.0 Å². The van der Waals surface area contributed by atoms with Gasteiger partial charge in [-0.3, -0.25) is 4.79 Å². The van der Waals surface area contributed by atoms with Crippen molar-refractivity contribution in [1.29, 1.82) is 0 Å². The van der Waals surface area contributed by atoms with E-state index in [0.29, 0.717) is 24.6 Å². The normalized spacial score (nSPS) is 28.6. The Balaban J connectivity index is 1.54. The van der Waals surface area contributed by atoms with Crippen molar-refractivity contribution in [2.24, 2.45) is 5.92 Å². The molecule has 0 bridgehead atoms. The van der Waals surface area contributed by atoms with Crippen LogP contribution in [-0.2, 0) is 16.1 Å². The summed E-state index contributed by atoms with van der Waals surface area (Å²) < 4.78 is 5.80. The standard InChI is InChI=1S/C19H30N2O2S/c1-15-6-2-3-9-18(15)20-19(22)14-21(12-16-7-4-10-23-16)13-17-8-5-11-24-17/h5,8,11,15-16,18H,2-4,6-7,9-10,12-14H2,1H3,(H,20,22)/p+1/t15-,16+,18+/m1/s1. The van der Waals surface area contributed by atoms with Crippen LogP contribution in [0, 0.1) is 5.92 Å². The third-order valence-electron chi connectivity index (χ3n) is 5.41. The van der Waals surface area contributed by atoms with E-state index in [9.17, 15) is 4.79 Å². The van der Waals surface area contributed by atoms with E-state index in [1.807, 2.05) is 0 Å². The molecule has 1 amide bonds. The van der Waals surface area contributed by atoms with Crippen LogP contribution in [0.15, 0.2) is 17.5 Å². The third kappa shape index (κ3) is 5.30. The molecule has 1 aliphatic heterocycles. The number of hydrogen-bond donors (Lipinski definition) is 2. The Hall–Kier alpha value is -0.910. The van der Waals surface area contributed by atoms with Gasteiger partial charge in [0.2, 0.25) is 0 Å². The first kappa shape index (κ1) is 17.9. The average Bonchev–Trinajstić information content (AvgIpc) is 3.23. The first-order chi connectivity index (χ1) is 11.7. The van der Waals surface area contributed by atoms with Crippen LogP contribution in [-0.4, -0.2) is 37.7 Å². The van der Waals surface area contributed by atoms with Crippen molar-refractivity contribution in [3.8, 4) is 0 Å². The second-order valence-electron chi connectivity index (χ2n) is 7.46. The van der Waals surface area contributed by atoms with E-state index in [4.69, 9.17) is 4.74 Å². The van der Waals surface area contributed by atoms with Gasteiger partial charge in [-0.25, -0.2) is 0 Å². The van der Waals surface area contributed by atoms with Crippen LogP contribution in [0.1, 0.15) is 50.3 Å². The molecule has 1 saturated heterocycles. The lowest BCUT2D eigenvalue weighted by atomic mass is 9.86. The number of carbonyl (C=O) groups is 1. The van der Waals surface area contributed by atoms with Crippen molar-refractivity contribution < 1.29 is 14.4 Å². The maximum Gasteiger partial charge on any atom is 0.275 e. The molecule has 2 N–H and O–H groups in total. The Kier molecular flexibility index (Phi) is 6.69. The molecule has 1 saturated carbocycles. The summed E-state index contributed by atoms with van der Waals surface area (Å²) in [7, 11) is 0. The number of quaternary nitrogens is 1. The van der Waals surface area contributed by atoms with Gasteiger partial charge in [0, 0.05) is 12.6 Å². The molecule has 0 radical (unpaired) electrons. The van der Waals surface area contributed by atoms with Crippen molar-refractivity contribution in [3.05, 3.63) is 22.4 Å². The Morgan fingerprint density at radius 2 is 2.21 bits per heavy atom. The summed E-state index contributed by atoms with van der Waals surface area (Å²) in [4.78, 5) is 15.3. The molecule has 1 unspecified atom stereocenters. The maximum atomic E-state index is 12.6. The molecule has 4 nitrogen and oxygen atoms in total. The SMILES string of the molecule is C[C@@H]1CCCC[C@@H]1NC(=O)C[NH+](Cc1cccs1)C[C@@H]1CCCO1. The van der Waals surface area contributed by atoms with E-state index >= 15 is 0 Å². The van der Waals surface area contributed by atoms with E-state index in [-0.39, 0.29) is 5.91 Å². The van der Waals surface area contributed by atoms with Crippen LogP contribution in [0.2, 0.25) is 0 Å². The molecule has 3 rings (SSSR count). The van der Waals surface area contributed by atoms with Gasteiger partial charge in [0.25, 0.3) is 5.91 Å². The molecule has 2 aliphatic rings. The summed E-state index contributed by atoms with van der Waals surface area (Å²) in [5, 5.41) is 5.42. The highest BCUT2D eigenvalue weighted by Gasteiger charge is 2.27. The van der Waals surface area contributed by atoms with Gasteiger partial charge in [0.15, 0.2) is 6.54 Å². The largest absolute Gasteiger partial charge is 0.372 e. The highest BCUT2D eigenvalue weighted by atomic mass is 32.1. The first-order valence-electron chi connectivity index (χ1n) is 9.47. The van der Waals surface area contributed by atoms with Crippen molar-refractivity contribution >= 4 is 17.2 Å². The lowest BCUT2D eigenvalue weighted by Gasteiger charge is -2.30. The fourth-order valence-electron chi connectivity index (χ4n) is 4.01. The van der Waals surface area contributed by atoms with Gasteiger partial charge in [-0.05, 0) is 43.0 Å². The lowest BCUT2D eigenvalue weighted by Crippen LogP contribution is -3.13. The van der Waals surface area contributed by atoms with Crippen LogP contribution < -0.4 is 10.2 Å². The molecule has 2 fully saturated rings. The zero-order valence-corrected chi connectivity index (χ0v) is 15.6. The highest BCUT2D eigenvalue weighted by Crippen LogP contribution is 2.23. The second-order valence-corrected chi connectivity index (χ2v) is 8.49. The minimum absolute atomic E-state index is 0.207. The number of nitrogens with one attached hydrogen (secondary N) is 2. The molecule has 1 aliphatic carbocycles. The molecule has 0 spiro atoms. The third-order valence-corrected chi connectivity index (χ3v) is 6.29. The van der Waals surface area contributed by atoms with Gasteiger partial charge in [-0.15, -0.1) is 11.3 Å². The fourth-order valence-corrected chi connectivity index (χ4v) is 4.79. The summed E-state index contributed by atoms with van der Waals surface area (Å²) in [6.45, 7) is 5.56. The predicted octanol–water partition coefficient (Wildman–Crippen LogP) is 2.01. The van der Waals surface area contributed by atoms with Gasteiger partial charge in [0.05, 0.1) is 4.88 Å². The average molecular weight is 352 g/mol. The molecule has 4 atom stereocenters. The predicted molar refractivity (Wildman–Crippen MR) is 97.3 cm³/mol. The van der Waals surface area contributed by atoms with Crippen molar-refractivity contribution in [1.82, 2.24) is 5.32 Å². The smallest absolute Gasteiger partial charge is 0.275 e. The number of carbonyl (C=O) groups excluding carboxylic acids is 1. The molecule has 0 aromatic carbocycles. The van der Waals surface area contributed by atoms with E-state index in [2.05, 4.69) is 29.8 Å². The molecule has 2 heterocycles. The zero-order chi connectivity index (χ0) is 16.8. The van der Waals surface area contributed by atoms with Gasteiger partial charge >= 0.3 is 0 Å². The molecule has 134 valence electrons. The number of hydrogen-bond acceptors (Lipinski definition) is 3. The van der Waals surface area contributed by atoms with E-state index in [1.54, 1.807) is 11.3 Å². The number of ether oxygens (including phenoxy) is 1. The number of rotatable bonds is 7. The molecular weight excluding hydrogens is 320 g/mol. The summed E-state index contributed by atoms with van der Waals surface area (Å²) in [5.74, 6) is 0.819. The summed E-state index contributed by atoms with van der Waals surface area (Å²) in [5.41, 5.74) is 0. The molecule has 1 aromatic heterocycles. The first-order valence-corrected chi connectivity index (χ1v) is 10.4. The minimum atomic E-state index is 0.207. The molecule has 1 aromatic rings. The lowest BCUT2D eigenvalue weighted by molar-refractivity contribution is -0.908. The maximum absolute atomic E-state index is 12.6. The zero-order valence-electron chi connectivity index (χ0n) is 14.8. The van der Waals surface area contributed by atoms with Crippen LogP contribution in [0.3, 0.4) is 0 Å². The fraction of sp³-hybridized carbons (Fsp3) is 0.737. The van der Waals surface area contributed by atoms with Gasteiger partial charge in [-0.2, -0.15) is 0 Å². The number of thiophene rings is 1. The van der Waals surface area contributed by atoms with Crippen molar-refractivity contribution in [3.63, 3.8) is 0 Å². The van der Waals surface area contributed by atoms with Gasteiger partial charge < -0.3 is 15.0 Å². The molecule has 24 heavy (non-hydrogen) atoms. The monoisotopic (exact) mass is 351 g/mol. The quantitative estimate of drug-likeness (QED) is 0.789. The minimum Gasteiger partial charge on any atom is -0.372 e. The van der Waals surface area contributed by atoms with E-state index in [0.717, 1.165) is 39.0 Å². The van der Waals surface area contributed by atoms with Crippen LogP contribution in [0.4, 0.5) is 0 Å². The summed E-state index contributed by atoms with van der Waals surface area (Å²) in [6, 6.07) is 4.63. The molecular formula is C19H31N2O2S+. The highest BCUT2D eigenvalue weighted by molar-refractivity contribution is 7.09. The van der Waals surface area contributed by atoms with Crippen LogP contribution in [0.25, 0.3) is 0 Å². The summed E-state index contributed by atoms with van der Waals surface area (Å²) >= 11 is 1.78. The Morgan fingerprint density at radius 1 is 1.33 bits per heavy atom. The Bertz CT molecular complexity index is 499. The van der Waals surface area contributed by atoms with Gasteiger partial charge in [0.1, 0.15) is 19.2 Å². The van der Waals surface area contributed by atoms with Crippen LogP contribution in [0.5, 0.6) is 0 Å². The molecule has 5 heteroatoms. The summed E-state index contributed by atoms with van der Waals surface area (Å²) in [6.07, 6.45) is 7.55. The van der Waals surface area contributed by atoms with Crippen LogP contribution >= 0.6 is 11.3 Å². The van der Waals surface area contributed by atoms with Crippen molar-refractivity contribution in [2.75, 3.05) is 19.7 Å². The van der Waals surface area contributed by atoms with Crippen molar-refractivity contribution in [2.45, 2.75) is 64.1 Å². The van der Waals surface area contributed by atoms with E-state index < -0.39 is 0 Å². The Labute approximate surface area is 149 Å².